The molecule has 5 heteroatoms. The van der Waals surface area contributed by atoms with Crippen molar-refractivity contribution in [2.75, 3.05) is 6.61 Å². The first-order valence-corrected chi connectivity index (χ1v) is 12.8. The lowest BCUT2D eigenvalue weighted by Crippen LogP contribution is -1.96. The van der Waals surface area contributed by atoms with E-state index in [2.05, 4.69) is 31.2 Å². The van der Waals surface area contributed by atoms with Gasteiger partial charge < -0.3 is 5.11 Å². The standard InChI is InChI=1S/C18H34O.C7H8O3S/c1-2-3-4-5-6-7-8-9-10-11-12-13-14-15-16-17-18-19;1-6-2-4-7(5-3-6)11(8,9)10/h6-7,9-10,19H,2-5,8,11-18H2,1H3;2-5H,1H3,(H,8,9,10)/b7-6+,10-9+;. The zero-order valence-corrected chi connectivity index (χ0v) is 19.7. The summed E-state index contributed by atoms with van der Waals surface area (Å²) in [7, 11) is -4.02. The molecule has 4 nitrogen and oxygen atoms in total. The summed E-state index contributed by atoms with van der Waals surface area (Å²) in [4.78, 5) is -0.0666. The van der Waals surface area contributed by atoms with E-state index in [4.69, 9.17) is 9.66 Å². The third kappa shape index (κ3) is 18.6. The zero-order valence-electron chi connectivity index (χ0n) is 18.9. The van der Waals surface area contributed by atoms with Crippen molar-refractivity contribution in [3.63, 3.8) is 0 Å². The van der Waals surface area contributed by atoms with Crippen LogP contribution in [-0.2, 0) is 10.1 Å². The van der Waals surface area contributed by atoms with Crippen LogP contribution in [0.3, 0.4) is 0 Å². The fraction of sp³-hybridized carbons (Fsp3) is 0.600. The minimum absolute atomic E-state index is 0.0666. The van der Waals surface area contributed by atoms with E-state index >= 15 is 0 Å². The van der Waals surface area contributed by atoms with Gasteiger partial charge in [-0.2, -0.15) is 8.42 Å². The van der Waals surface area contributed by atoms with E-state index in [1.54, 1.807) is 12.1 Å². The van der Waals surface area contributed by atoms with E-state index < -0.39 is 10.1 Å². The molecular formula is C25H42O4S. The molecule has 0 saturated heterocycles. The lowest BCUT2D eigenvalue weighted by Gasteiger charge is -1.98. The average molecular weight is 439 g/mol. The molecule has 0 atom stereocenters. The quantitative estimate of drug-likeness (QED) is 0.175. The summed E-state index contributed by atoms with van der Waals surface area (Å²) >= 11 is 0. The smallest absolute Gasteiger partial charge is 0.294 e. The molecule has 172 valence electrons. The minimum atomic E-state index is -4.02. The van der Waals surface area contributed by atoms with Crippen molar-refractivity contribution in [1.29, 1.82) is 0 Å². The van der Waals surface area contributed by atoms with Crippen molar-refractivity contribution in [3.8, 4) is 0 Å². The highest BCUT2D eigenvalue weighted by atomic mass is 32.2. The monoisotopic (exact) mass is 438 g/mol. The second-order valence-electron chi connectivity index (χ2n) is 7.60. The molecule has 2 N–H and O–H groups in total. The van der Waals surface area contributed by atoms with Gasteiger partial charge in [-0.1, -0.05) is 87.4 Å². The minimum Gasteiger partial charge on any atom is -0.396 e. The number of aryl methyl sites for hydroxylation is 1. The Balaban J connectivity index is 0.000000642. The molecule has 0 fully saturated rings. The van der Waals surface area contributed by atoms with E-state index in [1.807, 2.05) is 6.92 Å². The maximum atomic E-state index is 10.5. The number of aliphatic hydroxyl groups is 1. The first-order chi connectivity index (χ1) is 14.4. The fourth-order valence-electron chi connectivity index (χ4n) is 2.81. The summed E-state index contributed by atoms with van der Waals surface area (Å²) in [6.07, 6.45) is 24.2. The van der Waals surface area contributed by atoms with Gasteiger partial charge in [-0.05, 0) is 57.6 Å². The molecule has 0 heterocycles. The predicted octanol–water partition coefficient (Wildman–Crippen LogP) is 7.03. The Morgan fingerprint density at radius 3 is 1.77 bits per heavy atom. The van der Waals surface area contributed by atoms with E-state index in [0.29, 0.717) is 6.61 Å². The van der Waals surface area contributed by atoms with Gasteiger partial charge in [0.15, 0.2) is 0 Å². The van der Waals surface area contributed by atoms with E-state index in [0.717, 1.165) is 18.4 Å². The van der Waals surface area contributed by atoms with Crippen LogP contribution in [0, 0.1) is 6.92 Å². The van der Waals surface area contributed by atoms with Crippen LogP contribution in [0.25, 0.3) is 0 Å². The summed E-state index contributed by atoms with van der Waals surface area (Å²) < 4.78 is 29.6. The second-order valence-corrected chi connectivity index (χ2v) is 9.02. The van der Waals surface area contributed by atoms with Crippen LogP contribution in [0.1, 0.15) is 89.5 Å². The Morgan fingerprint density at radius 2 is 1.27 bits per heavy atom. The molecule has 0 unspecified atom stereocenters. The van der Waals surface area contributed by atoms with Gasteiger partial charge in [0.25, 0.3) is 10.1 Å². The highest BCUT2D eigenvalue weighted by Crippen LogP contribution is 2.09. The SMILES string of the molecule is CCCCC/C=C/C/C=C/CCCCCCCCO.Cc1ccc(S(=O)(=O)O)cc1. The number of rotatable bonds is 15. The van der Waals surface area contributed by atoms with Crippen LogP contribution in [0.2, 0.25) is 0 Å². The van der Waals surface area contributed by atoms with Crippen LogP contribution in [0.4, 0.5) is 0 Å². The number of aliphatic hydroxyl groups excluding tert-OH is 1. The molecule has 0 aliphatic carbocycles. The Bertz CT molecular complexity index is 661. The zero-order chi connectivity index (χ0) is 22.5. The number of benzene rings is 1. The van der Waals surface area contributed by atoms with Crippen molar-refractivity contribution < 1.29 is 18.1 Å². The first kappa shape index (κ1) is 28.6. The largest absolute Gasteiger partial charge is 0.396 e. The van der Waals surface area contributed by atoms with E-state index in [1.165, 1.54) is 76.3 Å². The summed E-state index contributed by atoms with van der Waals surface area (Å²) in [5, 5.41) is 8.66. The molecule has 0 aliphatic heterocycles. The van der Waals surface area contributed by atoms with Gasteiger partial charge in [-0.15, -0.1) is 0 Å². The van der Waals surface area contributed by atoms with Crippen LogP contribution in [-0.4, -0.2) is 24.7 Å². The number of allylic oxidation sites excluding steroid dienone is 4. The molecule has 1 rings (SSSR count). The van der Waals surface area contributed by atoms with Crippen LogP contribution in [0.15, 0.2) is 53.5 Å². The predicted molar refractivity (Wildman–Crippen MR) is 127 cm³/mol. The lowest BCUT2D eigenvalue weighted by molar-refractivity contribution is 0.282. The molecular weight excluding hydrogens is 396 g/mol. The molecule has 0 saturated carbocycles. The molecule has 30 heavy (non-hydrogen) atoms. The third-order valence-electron chi connectivity index (χ3n) is 4.68. The van der Waals surface area contributed by atoms with Crippen LogP contribution >= 0.6 is 0 Å². The summed E-state index contributed by atoms with van der Waals surface area (Å²) in [5.41, 5.74) is 0.956. The summed E-state index contributed by atoms with van der Waals surface area (Å²) in [5.74, 6) is 0. The molecule has 0 aliphatic rings. The van der Waals surface area contributed by atoms with Crippen LogP contribution in [0.5, 0.6) is 0 Å². The van der Waals surface area contributed by atoms with Crippen molar-refractivity contribution in [2.45, 2.75) is 95.8 Å². The van der Waals surface area contributed by atoms with Crippen LogP contribution < -0.4 is 0 Å². The Hall–Kier alpha value is -1.43. The van der Waals surface area contributed by atoms with Crippen molar-refractivity contribution in [2.24, 2.45) is 0 Å². The lowest BCUT2D eigenvalue weighted by atomic mass is 10.1. The maximum absolute atomic E-state index is 10.5. The third-order valence-corrected chi connectivity index (χ3v) is 5.55. The topological polar surface area (TPSA) is 74.6 Å². The van der Waals surface area contributed by atoms with Gasteiger partial charge in [0.05, 0.1) is 4.90 Å². The maximum Gasteiger partial charge on any atom is 0.294 e. The number of hydrogen-bond acceptors (Lipinski definition) is 3. The van der Waals surface area contributed by atoms with Gasteiger partial charge in [0, 0.05) is 6.61 Å². The van der Waals surface area contributed by atoms with Gasteiger partial charge >= 0.3 is 0 Å². The Morgan fingerprint density at radius 1 is 0.767 bits per heavy atom. The van der Waals surface area contributed by atoms with Gasteiger partial charge in [-0.25, -0.2) is 0 Å². The van der Waals surface area contributed by atoms with Gasteiger partial charge in [-0.3, -0.25) is 4.55 Å². The van der Waals surface area contributed by atoms with Gasteiger partial charge in [0.2, 0.25) is 0 Å². The van der Waals surface area contributed by atoms with Crippen molar-refractivity contribution >= 4 is 10.1 Å². The molecule has 1 aromatic rings. The normalized spacial score (nSPS) is 11.7. The number of unbranched alkanes of at least 4 members (excludes halogenated alkanes) is 9. The summed E-state index contributed by atoms with van der Waals surface area (Å²) in [6, 6.07) is 5.99. The molecule has 0 spiro atoms. The summed E-state index contributed by atoms with van der Waals surface area (Å²) in [6.45, 7) is 4.45. The Labute approximate surface area is 184 Å². The van der Waals surface area contributed by atoms with Crippen molar-refractivity contribution in [1.82, 2.24) is 0 Å². The Kier molecular flexibility index (Phi) is 18.6. The number of hydrogen-bond donors (Lipinski definition) is 2. The molecule has 1 aromatic carbocycles. The molecule has 0 bridgehead atoms. The molecule has 0 radical (unpaired) electrons. The van der Waals surface area contributed by atoms with E-state index in [9.17, 15) is 8.42 Å². The highest BCUT2D eigenvalue weighted by Gasteiger charge is 2.06. The highest BCUT2D eigenvalue weighted by molar-refractivity contribution is 7.85. The second kappa shape index (κ2) is 19.5. The fourth-order valence-corrected chi connectivity index (χ4v) is 3.29. The van der Waals surface area contributed by atoms with E-state index in [-0.39, 0.29) is 4.90 Å². The molecule has 0 amide bonds. The molecule has 0 aromatic heterocycles. The van der Waals surface area contributed by atoms with Gasteiger partial charge in [0.1, 0.15) is 0 Å². The first-order valence-electron chi connectivity index (χ1n) is 11.4. The van der Waals surface area contributed by atoms with Crippen molar-refractivity contribution in [3.05, 3.63) is 54.1 Å². The average Bonchev–Trinajstić information content (AvgIpc) is 2.71.